The predicted octanol–water partition coefficient (Wildman–Crippen LogP) is 2.19. The minimum atomic E-state index is 0.0213. The summed E-state index contributed by atoms with van der Waals surface area (Å²) in [4.78, 5) is 11.8. The summed E-state index contributed by atoms with van der Waals surface area (Å²) in [5.41, 5.74) is 2.38. The zero-order valence-corrected chi connectivity index (χ0v) is 13.5. The summed E-state index contributed by atoms with van der Waals surface area (Å²) in [7, 11) is 1.66. The molecule has 0 atom stereocenters. The van der Waals surface area contributed by atoms with E-state index in [1.165, 1.54) is 5.56 Å². The van der Waals surface area contributed by atoms with Crippen LogP contribution in [0.4, 0.5) is 0 Å². The molecule has 0 saturated heterocycles. The molecule has 0 saturated carbocycles. The van der Waals surface area contributed by atoms with Crippen molar-refractivity contribution in [3.05, 3.63) is 65.7 Å². The molecular formula is C19H24N2O2. The van der Waals surface area contributed by atoms with Gasteiger partial charge in [0, 0.05) is 6.54 Å². The lowest BCUT2D eigenvalue weighted by Gasteiger charge is -2.09. The molecule has 0 unspecified atom stereocenters. The highest BCUT2D eigenvalue weighted by Gasteiger charge is 2.03. The molecule has 122 valence electrons. The topological polar surface area (TPSA) is 50.4 Å². The summed E-state index contributed by atoms with van der Waals surface area (Å²) in [5.74, 6) is 0.885. The second-order valence-corrected chi connectivity index (χ2v) is 5.32. The van der Waals surface area contributed by atoms with E-state index in [9.17, 15) is 4.79 Å². The summed E-state index contributed by atoms with van der Waals surface area (Å²) >= 11 is 0. The Bertz CT molecular complexity index is 599. The van der Waals surface area contributed by atoms with Gasteiger partial charge in [-0.05, 0) is 36.6 Å². The van der Waals surface area contributed by atoms with Crippen LogP contribution in [0.5, 0.6) is 5.75 Å². The fraction of sp³-hybridized carbons (Fsp3) is 0.316. The Labute approximate surface area is 137 Å². The maximum atomic E-state index is 11.8. The SMILES string of the molecule is COc1ccccc1CCNC(=O)CNCCc1ccccc1. The Morgan fingerprint density at radius 3 is 2.48 bits per heavy atom. The molecule has 0 aliphatic rings. The van der Waals surface area contributed by atoms with E-state index < -0.39 is 0 Å². The number of para-hydroxylation sites is 1. The van der Waals surface area contributed by atoms with Crippen molar-refractivity contribution in [1.82, 2.24) is 10.6 Å². The van der Waals surface area contributed by atoms with Crippen LogP contribution >= 0.6 is 0 Å². The van der Waals surface area contributed by atoms with E-state index in [4.69, 9.17) is 4.74 Å². The second kappa shape index (κ2) is 9.64. The summed E-state index contributed by atoms with van der Waals surface area (Å²) in [6.07, 6.45) is 1.69. The van der Waals surface area contributed by atoms with Crippen LogP contribution in [0.1, 0.15) is 11.1 Å². The first-order chi connectivity index (χ1) is 11.3. The van der Waals surface area contributed by atoms with Gasteiger partial charge in [0.2, 0.25) is 5.91 Å². The number of hydrogen-bond acceptors (Lipinski definition) is 3. The van der Waals surface area contributed by atoms with Gasteiger partial charge in [0.15, 0.2) is 0 Å². The Balaban J connectivity index is 1.60. The lowest BCUT2D eigenvalue weighted by atomic mass is 10.1. The molecule has 0 bridgehead atoms. The van der Waals surface area contributed by atoms with Gasteiger partial charge >= 0.3 is 0 Å². The average molecular weight is 312 g/mol. The molecule has 1 amide bonds. The van der Waals surface area contributed by atoms with Gasteiger partial charge in [-0.15, -0.1) is 0 Å². The maximum Gasteiger partial charge on any atom is 0.233 e. The number of carbonyl (C=O) groups is 1. The molecule has 2 N–H and O–H groups in total. The quantitative estimate of drug-likeness (QED) is 0.698. The van der Waals surface area contributed by atoms with E-state index in [0.717, 1.165) is 30.7 Å². The molecule has 23 heavy (non-hydrogen) atoms. The fourth-order valence-electron chi connectivity index (χ4n) is 2.39. The van der Waals surface area contributed by atoms with E-state index in [-0.39, 0.29) is 5.91 Å². The van der Waals surface area contributed by atoms with E-state index >= 15 is 0 Å². The average Bonchev–Trinajstić information content (AvgIpc) is 2.60. The highest BCUT2D eigenvalue weighted by molar-refractivity contribution is 5.77. The highest BCUT2D eigenvalue weighted by atomic mass is 16.5. The molecular weight excluding hydrogens is 288 g/mol. The smallest absolute Gasteiger partial charge is 0.233 e. The summed E-state index contributed by atoms with van der Waals surface area (Å²) in [6, 6.07) is 18.1. The van der Waals surface area contributed by atoms with Crippen LogP contribution in [0.25, 0.3) is 0 Å². The third-order valence-corrected chi connectivity index (χ3v) is 3.63. The predicted molar refractivity (Wildman–Crippen MR) is 92.7 cm³/mol. The van der Waals surface area contributed by atoms with Crippen molar-refractivity contribution in [2.45, 2.75) is 12.8 Å². The van der Waals surface area contributed by atoms with Crippen LogP contribution in [-0.2, 0) is 17.6 Å². The van der Waals surface area contributed by atoms with Crippen LogP contribution in [0.3, 0.4) is 0 Å². The van der Waals surface area contributed by atoms with Gasteiger partial charge in [0.05, 0.1) is 13.7 Å². The number of carbonyl (C=O) groups excluding carboxylic acids is 1. The van der Waals surface area contributed by atoms with E-state index in [1.807, 2.05) is 42.5 Å². The molecule has 0 aliphatic carbocycles. The van der Waals surface area contributed by atoms with Crippen molar-refractivity contribution in [1.29, 1.82) is 0 Å². The van der Waals surface area contributed by atoms with Crippen LogP contribution in [0, 0.1) is 0 Å². The highest BCUT2D eigenvalue weighted by Crippen LogP contribution is 2.17. The number of ether oxygens (including phenoxy) is 1. The number of nitrogens with one attached hydrogen (secondary N) is 2. The minimum Gasteiger partial charge on any atom is -0.496 e. The van der Waals surface area contributed by atoms with Crippen LogP contribution < -0.4 is 15.4 Å². The summed E-state index contributed by atoms with van der Waals surface area (Å²) < 4.78 is 5.30. The lowest BCUT2D eigenvalue weighted by molar-refractivity contribution is -0.120. The van der Waals surface area contributed by atoms with Crippen molar-refractivity contribution in [2.75, 3.05) is 26.7 Å². The molecule has 2 rings (SSSR count). The molecule has 2 aromatic rings. The van der Waals surface area contributed by atoms with Gasteiger partial charge in [-0.2, -0.15) is 0 Å². The molecule has 2 aromatic carbocycles. The molecule has 0 spiro atoms. The maximum absolute atomic E-state index is 11.8. The number of rotatable bonds is 9. The molecule has 0 fully saturated rings. The molecule has 0 heterocycles. The summed E-state index contributed by atoms with van der Waals surface area (Å²) in [5, 5.41) is 6.09. The van der Waals surface area contributed by atoms with Crippen LogP contribution in [0.2, 0.25) is 0 Å². The number of hydrogen-bond donors (Lipinski definition) is 2. The monoisotopic (exact) mass is 312 g/mol. The van der Waals surface area contributed by atoms with Gasteiger partial charge in [0.1, 0.15) is 5.75 Å². The third kappa shape index (κ3) is 6.12. The zero-order valence-electron chi connectivity index (χ0n) is 13.5. The van der Waals surface area contributed by atoms with E-state index in [0.29, 0.717) is 13.1 Å². The van der Waals surface area contributed by atoms with Crippen molar-refractivity contribution in [2.24, 2.45) is 0 Å². The first kappa shape index (κ1) is 17.0. The standard InChI is InChI=1S/C19H24N2O2/c1-23-18-10-6-5-9-17(18)12-14-21-19(22)15-20-13-11-16-7-3-2-4-8-16/h2-10,20H,11-15H2,1H3,(H,21,22). The third-order valence-electron chi connectivity index (χ3n) is 3.63. The molecule has 0 radical (unpaired) electrons. The Kier molecular flexibility index (Phi) is 7.14. The van der Waals surface area contributed by atoms with Crippen molar-refractivity contribution < 1.29 is 9.53 Å². The Hall–Kier alpha value is -2.33. The Morgan fingerprint density at radius 2 is 1.70 bits per heavy atom. The normalized spacial score (nSPS) is 10.3. The fourth-order valence-corrected chi connectivity index (χ4v) is 2.39. The largest absolute Gasteiger partial charge is 0.496 e. The molecule has 0 aromatic heterocycles. The van der Waals surface area contributed by atoms with Crippen molar-refractivity contribution in [3.63, 3.8) is 0 Å². The number of amides is 1. The van der Waals surface area contributed by atoms with Crippen LogP contribution in [-0.4, -0.2) is 32.7 Å². The Morgan fingerprint density at radius 1 is 0.957 bits per heavy atom. The van der Waals surface area contributed by atoms with Gasteiger partial charge < -0.3 is 15.4 Å². The van der Waals surface area contributed by atoms with Gasteiger partial charge in [-0.25, -0.2) is 0 Å². The first-order valence-corrected chi connectivity index (χ1v) is 7.93. The second-order valence-electron chi connectivity index (χ2n) is 5.32. The molecule has 4 nitrogen and oxygen atoms in total. The van der Waals surface area contributed by atoms with Crippen molar-refractivity contribution in [3.8, 4) is 5.75 Å². The lowest BCUT2D eigenvalue weighted by Crippen LogP contribution is -2.35. The first-order valence-electron chi connectivity index (χ1n) is 7.93. The van der Waals surface area contributed by atoms with Crippen molar-refractivity contribution >= 4 is 5.91 Å². The number of benzene rings is 2. The van der Waals surface area contributed by atoms with E-state index in [1.54, 1.807) is 7.11 Å². The van der Waals surface area contributed by atoms with Gasteiger partial charge in [0.25, 0.3) is 0 Å². The van der Waals surface area contributed by atoms with E-state index in [2.05, 4.69) is 22.8 Å². The molecule has 0 aliphatic heterocycles. The number of methoxy groups -OCH3 is 1. The van der Waals surface area contributed by atoms with Gasteiger partial charge in [-0.3, -0.25) is 4.79 Å². The van der Waals surface area contributed by atoms with Gasteiger partial charge in [-0.1, -0.05) is 48.5 Å². The molecule has 4 heteroatoms. The summed E-state index contributed by atoms with van der Waals surface area (Å²) in [6.45, 7) is 1.75. The van der Waals surface area contributed by atoms with Crippen LogP contribution in [0.15, 0.2) is 54.6 Å². The zero-order chi connectivity index (χ0) is 16.3. The minimum absolute atomic E-state index is 0.0213.